The Bertz CT molecular complexity index is 899. The maximum atomic E-state index is 4.50. The van der Waals surface area contributed by atoms with Gasteiger partial charge in [-0.05, 0) is 34.5 Å². The van der Waals surface area contributed by atoms with Crippen molar-refractivity contribution in [2.75, 3.05) is 0 Å². The zero-order valence-electron chi connectivity index (χ0n) is 10.8. The molecule has 0 unspecified atom stereocenters. The molecular weight excluding hydrogens is 244 g/mol. The predicted octanol–water partition coefficient (Wildman–Crippen LogP) is 4.45. The van der Waals surface area contributed by atoms with Gasteiger partial charge in [0.05, 0.1) is 5.52 Å². The Morgan fingerprint density at radius 2 is 1.70 bits per heavy atom. The number of benzene rings is 2. The Morgan fingerprint density at radius 3 is 2.60 bits per heavy atom. The molecule has 2 heterocycles. The first-order chi connectivity index (χ1) is 9.93. The Labute approximate surface area is 116 Å². The minimum atomic E-state index is 1.02. The van der Waals surface area contributed by atoms with Gasteiger partial charge in [0.1, 0.15) is 0 Å². The molecule has 0 aliphatic heterocycles. The van der Waals surface area contributed by atoms with Crippen LogP contribution < -0.4 is 0 Å². The third kappa shape index (κ3) is 1.66. The molecule has 0 N–H and O–H groups in total. The zero-order valence-corrected chi connectivity index (χ0v) is 10.8. The summed E-state index contributed by atoms with van der Waals surface area (Å²) < 4.78 is 0. The van der Waals surface area contributed by atoms with Gasteiger partial charge in [0.25, 0.3) is 0 Å². The number of hydrogen-bond donors (Lipinski definition) is 0. The van der Waals surface area contributed by atoms with E-state index in [1.165, 1.54) is 21.7 Å². The lowest BCUT2D eigenvalue weighted by atomic mass is 9.97. The number of rotatable bonds is 1. The molecule has 4 aromatic rings. The molecule has 0 aliphatic rings. The lowest BCUT2D eigenvalue weighted by Crippen LogP contribution is -1.86. The fraction of sp³-hybridized carbons (Fsp3) is 0. The maximum Gasteiger partial charge on any atom is 0.0714 e. The molecule has 4 rings (SSSR count). The summed E-state index contributed by atoms with van der Waals surface area (Å²) in [6.07, 6.45) is 5.56. The van der Waals surface area contributed by atoms with E-state index < -0.39 is 0 Å². The van der Waals surface area contributed by atoms with E-state index in [1.807, 2.05) is 18.5 Å². The quantitative estimate of drug-likeness (QED) is 0.470. The van der Waals surface area contributed by atoms with Crippen molar-refractivity contribution >= 4 is 21.7 Å². The smallest absolute Gasteiger partial charge is 0.0714 e. The number of pyridine rings is 2. The fourth-order valence-electron chi connectivity index (χ4n) is 2.69. The third-order valence-electron chi connectivity index (χ3n) is 3.60. The summed E-state index contributed by atoms with van der Waals surface area (Å²) in [6.45, 7) is 0. The summed E-state index contributed by atoms with van der Waals surface area (Å²) >= 11 is 0. The second kappa shape index (κ2) is 4.42. The molecule has 2 aromatic heterocycles. The molecule has 0 bridgehead atoms. The highest BCUT2D eigenvalue weighted by atomic mass is 14.7. The molecule has 0 saturated heterocycles. The highest BCUT2D eigenvalue weighted by molar-refractivity contribution is 6.12. The van der Waals surface area contributed by atoms with E-state index in [9.17, 15) is 0 Å². The van der Waals surface area contributed by atoms with Gasteiger partial charge in [0.2, 0.25) is 0 Å². The van der Waals surface area contributed by atoms with Crippen LogP contribution in [0.4, 0.5) is 0 Å². The van der Waals surface area contributed by atoms with Gasteiger partial charge in [-0.3, -0.25) is 9.97 Å². The first kappa shape index (κ1) is 11.1. The largest absolute Gasteiger partial charge is 0.264 e. The van der Waals surface area contributed by atoms with Crippen LogP contribution in [-0.4, -0.2) is 9.97 Å². The number of hydrogen-bond acceptors (Lipinski definition) is 2. The Kier molecular flexibility index (Phi) is 2.46. The molecule has 0 amide bonds. The van der Waals surface area contributed by atoms with Crippen LogP contribution in [0.3, 0.4) is 0 Å². The van der Waals surface area contributed by atoms with Crippen LogP contribution in [0.25, 0.3) is 32.8 Å². The molecule has 0 radical (unpaired) electrons. The minimum Gasteiger partial charge on any atom is -0.264 e. The Hall–Kier alpha value is -2.74. The van der Waals surface area contributed by atoms with Gasteiger partial charge in [0, 0.05) is 29.5 Å². The lowest BCUT2D eigenvalue weighted by Gasteiger charge is -2.09. The first-order valence-electron chi connectivity index (χ1n) is 6.60. The van der Waals surface area contributed by atoms with Gasteiger partial charge in [0.15, 0.2) is 0 Å². The van der Waals surface area contributed by atoms with Crippen molar-refractivity contribution in [3.05, 3.63) is 73.2 Å². The van der Waals surface area contributed by atoms with Gasteiger partial charge >= 0.3 is 0 Å². The van der Waals surface area contributed by atoms with Crippen LogP contribution in [0.1, 0.15) is 0 Å². The molecule has 20 heavy (non-hydrogen) atoms. The van der Waals surface area contributed by atoms with Crippen LogP contribution in [-0.2, 0) is 0 Å². The van der Waals surface area contributed by atoms with E-state index in [4.69, 9.17) is 0 Å². The van der Waals surface area contributed by atoms with Crippen molar-refractivity contribution in [1.29, 1.82) is 0 Å². The van der Waals surface area contributed by atoms with Crippen LogP contribution in [0.2, 0.25) is 0 Å². The molecule has 2 heteroatoms. The summed E-state index contributed by atoms with van der Waals surface area (Å²) in [7, 11) is 0. The molecule has 0 aliphatic carbocycles. The molecule has 2 aromatic carbocycles. The topological polar surface area (TPSA) is 25.8 Å². The SMILES string of the molecule is c1cncc(-c2ccnc3ccc4ccccc4c23)c1. The van der Waals surface area contributed by atoms with Crippen molar-refractivity contribution < 1.29 is 0 Å². The molecule has 94 valence electrons. The monoisotopic (exact) mass is 256 g/mol. The molecule has 0 fully saturated rings. The second-order valence-corrected chi connectivity index (χ2v) is 4.78. The van der Waals surface area contributed by atoms with Gasteiger partial charge in [-0.1, -0.05) is 36.4 Å². The predicted molar refractivity (Wildman–Crippen MR) is 82.5 cm³/mol. The Morgan fingerprint density at radius 1 is 0.750 bits per heavy atom. The van der Waals surface area contributed by atoms with E-state index in [0.717, 1.165) is 11.1 Å². The van der Waals surface area contributed by atoms with E-state index in [2.05, 4.69) is 58.5 Å². The minimum absolute atomic E-state index is 1.02. The summed E-state index contributed by atoms with van der Waals surface area (Å²) in [5, 5.41) is 3.66. The summed E-state index contributed by atoms with van der Waals surface area (Å²) in [4.78, 5) is 8.72. The van der Waals surface area contributed by atoms with Crippen LogP contribution in [0, 0.1) is 0 Å². The van der Waals surface area contributed by atoms with Gasteiger partial charge < -0.3 is 0 Å². The molecular formula is C18H12N2. The van der Waals surface area contributed by atoms with E-state index in [1.54, 1.807) is 6.20 Å². The summed E-state index contributed by atoms with van der Waals surface area (Å²) in [5.74, 6) is 0. The van der Waals surface area contributed by atoms with Crippen molar-refractivity contribution in [2.45, 2.75) is 0 Å². The molecule has 2 nitrogen and oxygen atoms in total. The van der Waals surface area contributed by atoms with Gasteiger partial charge in [-0.25, -0.2) is 0 Å². The average Bonchev–Trinajstić information content (AvgIpc) is 2.55. The number of fused-ring (bicyclic) bond motifs is 3. The molecule has 0 atom stereocenters. The fourth-order valence-corrected chi connectivity index (χ4v) is 2.69. The van der Waals surface area contributed by atoms with Crippen molar-refractivity contribution in [3.63, 3.8) is 0 Å². The van der Waals surface area contributed by atoms with Crippen molar-refractivity contribution in [1.82, 2.24) is 9.97 Å². The lowest BCUT2D eigenvalue weighted by molar-refractivity contribution is 1.33. The van der Waals surface area contributed by atoms with E-state index in [-0.39, 0.29) is 0 Å². The molecule has 0 spiro atoms. The van der Waals surface area contributed by atoms with Crippen molar-refractivity contribution in [2.24, 2.45) is 0 Å². The normalized spacial score (nSPS) is 11.0. The summed E-state index contributed by atoms with van der Waals surface area (Å²) in [6, 6.07) is 18.7. The van der Waals surface area contributed by atoms with Crippen LogP contribution >= 0.6 is 0 Å². The standard InChI is InChI=1S/C18H12N2/c1-2-6-15-13(4-1)7-8-17-18(15)16(9-11-20-17)14-5-3-10-19-12-14/h1-12H. The maximum absolute atomic E-state index is 4.50. The summed E-state index contributed by atoms with van der Waals surface area (Å²) in [5.41, 5.74) is 3.32. The molecule has 0 saturated carbocycles. The van der Waals surface area contributed by atoms with Crippen molar-refractivity contribution in [3.8, 4) is 11.1 Å². The van der Waals surface area contributed by atoms with Gasteiger partial charge in [-0.15, -0.1) is 0 Å². The Balaban J connectivity index is 2.19. The van der Waals surface area contributed by atoms with E-state index in [0.29, 0.717) is 0 Å². The van der Waals surface area contributed by atoms with Gasteiger partial charge in [-0.2, -0.15) is 0 Å². The van der Waals surface area contributed by atoms with Crippen LogP contribution in [0.15, 0.2) is 73.2 Å². The number of aromatic nitrogens is 2. The number of nitrogens with zero attached hydrogens (tertiary/aromatic N) is 2. The highest BCUT2D eigenvalue weighted by Crippen LogP contribution is 2.32. The third-order valence-corrected chi connectivity index (χ3v) is 3.60. The van der Waals surface area contributed by atoms with E-state index >= 15 is 0 Å². The first-order valence-corrected chi connectivity index (χ1v) is 6.60. The zero-order chi connectivity index (χ0) is 13.4. The second-order valence-electron chi connectivity index (χ2n) is 4.78. The van der Waals surface area contributed by atoms with Crippen LogP contribution in [0.5, 0.6) is 0 Å². The highest BCUT2D eigenvalue weighted by Gasteiger charge is 2.08. The average molecular weight is 256 g/mol.